The highest BCUT2D eigenvalue weighted by atomic mass is 32.2. The molecule has 0 aromatic heterocycles. The molecule has 10 nitrogen and oxygen atoms in total. The third-order valence-corrected chi connectivity index (χ3v) is 8.88. The second-order valence-corrected chi connectivity index (χ2v) is 12.6. The quantitative estimate of drug-likeness (QED) is 0.440. The van der Waals surface area contributed by atoms with Crippen LogP contribution in [0.15, 0.2) is 53.4 Å². The smallest absolute Gasteiger partial charge is 0.320 e. The highest BCUT2D eigenvalue weighted by Gasteiger charge is 2.29. The molecular formula is C30H43N5O5S. The van der Waals surface area contributed by atoms with Crippen LogP contribution in [0.25, 0.3) is 0 Å². The molecule has 4 rings (SSSR count). The van der Waals surface area contributed by atoms with Crippen molar-refractivity contribution in [1.82, 2.24) is 14.7 Å². The number of primary sulfonamides is 1. The van der Waals surface area contributed by atoms with Crippen molar-refractivity contribution in [3.8, 4) is 0 Å². The number of carbonyl (C=O) groups excluding carboxylic acids is 2. The predicted octanol–water partition coefficient (Wildman–Crippen LogP) is 3.39. The van der Waals surface area contributed by atoms with E-state index < -0.39 is 10.0 Å². The Morgan fingerprint density at radius 3 is 2.34 bits per heavy atom. The van der Waals surface area contributed by atoms with E-state index in [1.165, 1.54) is 24.3 Å². The summed E-state index contributed by atoms with van der Waals surface area (Å²) in [4.78, 5) is 32.0. The first-order chi connectivity index (χ1) is 19.6. The van der Waals surface area contributed by atoms with Crippen LogP contribution in [-0.4, -0.2) is 93.6 Å². The molecule has 11 heteroatoms. The number of rotatable bonds is 10. The predicted molar refractivity (Wildman–Crippen MR) is 159 cm³/mol. The van der Waals surface area contributed by atoms with Crippen LogP contribution in [0.2, 0.25) is 0 Å². The summed E-state index contributed by atoms with van der Waals surface area (Å²) in [7, 11) is -3.81. The van der Waals surface area contributed by atoms with E-state index in [0.29, 0.717) is 49.5 Å². The Hall–Kier alpha value is -2.99. The molecule has 0 saturated carbocycles. The summed E-state index contributed by atoms with van der Waals surface area (Å²) in [6.45, 7) is 10.7. The van der Waals surface area contributed by atoms with Crippen molar-refractivity contribution in [3.05, 3.63) is 59.7 Å². The van der Waals surface area contributed by atoms with Crippen LogP contribution < -0.4 is 10.5 Å². The molecular weight excluding hydrogens is 542 g/mol. The van der Waals surface area contributed by atoms with Gasteiger partial charge in [-0.05, 0) is 87.0 Å². The number of nitrogens with two attached hydrogens (primary N) is 1. The first kappa shape index (κ1) is 31.0. The molecule has 0 bridgehead atoms. The number of urea groups is 1. The monoisotopic (exact) mass is 585 g/mol. The van der Waals surface area contributed by atoms with E-state index in [0.717, 1.165) is 57.4 Å². The lowest BCUT2D eigenvalue weighted by molar-refractivity contribution is 0.0386. The van der Waals surface area contributed by atoms with E-state index >= 15 is 0 Å². The normalized spacial score (nSPS) is 17.5. The fraction of sp³-hybridized carbons (Fsp3) is 0.533. The summed E-state index contributed by atoms with van der Waals surface area (Å²) in [6.07, 6.45) is 3.95. The van der Waals surface area contributed by atoms with Crippen molar-refractivity contribution in [1.29, 1.82) is 0 Å². The van der Waals surface area contributed by atoms with Gasteiger partial charge in [0.15, 0.2) is 0 Å². The molecule has 2 aliphatic heterocycles. The van der Waals surface area contributed by atoms with Crippen molar-refractivity contribution >= 4 is 27.6 Å². The zero-order chi connectivity index (χ0) is 29.4. The Bertz CT molecular complexity index is 1270. The van der Waals surface area contributed by atoms with Crippen LogP contribution in [-0.2, 0) is 21.2 Å². The third-order valence-electron chi connectivity index (χ3n) is 7.95. The number of hydrogen-bond donors (Lipinski definition) is 2. The topological polar surface area (TPSA) is 125 Å². The van der Waals surface area contributed by atoms with Crippen LogP contribution in [0.3, 0.4) is 0 Å². The Morgan fingerprint density at radius 1 is 1.05 bits per heavy atom. The number of sulfonamides is 1. The molecule has 1 unspecified atom stereocenters. The van der Waals surface area contributed by atoms with Gasteiger partial charge < -0.3 is 24.8 Å². The van der Waals surface area contributed by atoms with Crippen LogP contribution in [0.1, 0.15) is 49.0 Å². The van der Waals surface area contributed by atoms with Crippen LogP contribution >= 0.6 is 0 Å². The van der Waals surface area contributed by atoms with Crippen LogP contribution in [0.5, 0.6) is 0 Å². The lowest BCUT2D eigenvalue weighted by Gasteiger charge is -2.39. The number of hydrogen-bond acceptors (Lipinski definition) is 6. The molecule has 0 aliphatic carbocycles. The van der Waals surface area contributed by atoms with Crippen molar-refractivity contribution in [3.63, 3.8) is 0 Å². The molecule has 2 aliphatic rings. The van der Waals surface area contributed by atoms with E-state index in [9.17, 15) is 18.0 Å². The van der Waals surface area contributed by atoms with E-state index in [-0.39, 0.29) is 16.8 Å². The van der Waals surface area contributed by atoms with E-state index in [4.69, 9.17) is 9.88 Å². The van der Waals surface area contributed by atoms with Crippen LogP contribution in [0.4, 0.5) is 10.5 Å². The Labute approximate surface area is 243 Å². The van der Waals surface area contributed by atoms with Gasteiger partial charge in [-0.25, -0.2) is 18.4 Å². The lowest BCUT2D eigenvalue weighted by atomic mass is 9.95. The highest BCUT2D eigenvalue weighted by Crippen LogP contribution is 2.23. The number of anilines is 1. The van der Waals surface area contributed by atoms with E-state index in [2.05, 4.69) is 30.1 Å². The molecule has 224 valence electrons. The summed E-state index contributed by atoms with van der Waals surface area (Å²) in [5.74, 6) is 0.242. The number of nitrogens with one attached hydrogen (secondary N) is 1. The largest absolute Gasteiger partial charge is 0.378 e. The number of piperidine rings is 1. The summed E-state index contributed by atoms with van der Waals surface area (Å²) in [5, 5.41) is 8.06. The van der Waals surface area contributed by atoms with Gasteiger partial charge in [0.1, 0.15) is 0 Å². The van der Waals surface area contributed by atoms with Gasteiger partial charge in [-0.1, -0.05) is 19.1 Å². The van der Waals surface area contributed by atoms with Crippen molar-refractivity contribution in [2.45, 2.75) is 50.5 Å². The summed E-state index contributed by atoms with van der Waals surface area (Å²) in [6, 6.07) is 13.9. The molecule has 0 radical (unpaired) electrons. The number of nitrogens with zero attached hydrogens (tertiary/aromatic N) is 3. The molecule has 2 aromatic carbocycles. The molecule has 3 N–H and O–H groups in total. The Kier molecular flexibility index (Phi) is 10.8. The Balaban J connectivity index is 1.30. The van der Waals surface area contributed by atoms with Gasteiger partial charge in [-0.15, -0.1) is 0 Å². The molecule has 3 amide bonds. The summed E-state index contributed by atoms with van der Waals surface area (Å²) >= 11 is 0. The maximum absolute atomic E-state index is 12.9. The SMILES string of the molecule is CCCN(CC1CCN(C(=O)N2CCOCC2)CC1)C(C)Cc1cccc(NC(=O)c2ccc(S(N)(=O)=O)cc2)c1. The van der Waals surface area contributed by atoms with Gasteiger partial charge in [0.05, 0.1) is 18.1 Å². The summed E-state index contributed by atoms with van der Waals surface area (Å²) < 4.78 is 28.3. The van der Waals surface area contributed by atoms with Gasteiger partial charge in [-0.3, -0.25) is 4.79 Å². The number of benzene rings is 2. The van der Waals surface area contributed by atoms with Crippen molar-refractivity contribution in [2.75, 3.05) is 57.8 Å². The van der Waals surface area contributed by atoms with Crippen molar-refractivity contribution < 1.29 is 22.7 Å². The molecule has 2 fully saturated rings. The highest BCUT2D eigenvalue weighted by molar-refractivity contribution is 7.89. The molecule has 2 aromatic rings. The average molecular weight is 586 g/mol. The molecule has 41 heavy (non-hydrogen) atoms. The van der Waals surface area contributed by atoms with Gasteiger partial charge in [-0.2, -0.15) is 0 Å². The number of carbonyl (C=O) groups is 2. The number of likely N-dealkylation sites (tertiary alicyclic amines) is 1. The molecule has 1 atom stereocenters. The number of morpholine rings is 1. The van der Waals surface area contributed by atoms with E-state index in [1.54, 1.807) is 0 Å². The minimum atomic E-state index is -3.81. The van der Waals surface area contributed by atoms with Crippen LogP contribution in [0, 0.1) is 5.92 Å². The fourth-order valence-corrected chi connectivity index (χ4v) is 6.13. The maximum Gasteiger partial charge on any atom is 0.320 e. The Morgan fingerprint density at radius 2 is 1.71 bits per heavy atom. The van der Waals surface area contributed by atoms with Crippen molar-refractivity contribution in [2.24, 2.45) is 11.1 Å². The molecule has 2 heterocycles. The standard InChI is InChI=1S/C30H43N5O5S/c1-3-13-35(22-24-11-14-33(15-12-24)30(37)34-16-18-40-19-17-34)23(2)20-25-5-4-6-27(21-25)32-29(36)26-7-9-28(10-8-26)41(31,38)39/h4-10,21,23-24H,3,11-20,22H2,1-2H3,(H,32,36)(H2,31,38,39). The second-order valence-electron chi connectivity index (χ2n) is 11.1. The minimum absolute atomic E-state index is 0.0336. The lowest BCUT2D eigenvalue weighted by Crippen LogP contribution is -2.51. The number of ether oxygens (including phenoxy) is 1. The first-order valence-electron chi connectivity index (χ1n) is 14.5. The third kappa shape index (κ3) is 8.75. The first-order valence-corrected chi connectivity index (χ1v) is 16.1. The molecule has 0 spiro atoms. The molecule has 2 saturated heterocycles. The number of amides is 3. The van der Waals surface area contributed by atoms with Gasteiger partial charge in [0, 0.05) is 50.0 Å². The van der Waals surface area contributed by atoms with Gasteiger partial charge in [0.2, 0.25) is 10.0 Å². The fourth-order valence-electron chi connectivity index (χ4n) is 5.62. The maximum atomic E-state index is 12.9. The van der Waals surface area contributed by atoms with Gasteiger partial charge >= 0.3 is 6.03 Å². The second kappa shape index (κ2) is 14.3. The zero-order valence-corrected chi connectivity index (χ0v) is 24.9. The van der Waals surface area contributed by atoms with E-state index in [1.807, 2.05) is 28.0 Å². The minimum Gasteiger partial charge on any atom is -0.378 e. The average Bonchev–Trinajstić information content (AvgIpc) is 2.97. The summed E-state index contributed by atoms with van der Waals surface area (Å²) in [5.41, 5.74) is 2.17. The zero-order valence-electron chi connectivity index (χ0n) is 24.1. The van der Waals surface area contributed by atoms with Gasteiger partial charge in [0.25, 0.3) is 5.91 Å².